The second kappa shape index (κ2) is 10.2. The molecule has 0 aliphatic carbocycles. The molecule has 2 rings (SSSR count). The van der Waals surface area contributed by atoms with Gasteiger partial charge in [-0.1, -0.05) is 13.8 Å². The molecule has 2 heterocycles. The number of amidine groups is 1. The van der Waals surface area contributed by atoms with Crippen LogP contribution in [0.1, 0.15) is 69.9 Å². The Kier molecular flexibility index (Phi) is 7.90. The summed E-state index contributed by atoms with van der Waals surface area (Å²) in [7, 11) is 0. The largest absolute Gasteiger partial charge is 0.477 e. The molecule has 0 unspecified atom stereocenters. The summed E-state index contributed by atoms with van der Waals surface area (Å²) in [6.45, 7) is 10.4. The van der Waals surface area contributed by atoms with Crippen molar-refractivity contribution in [2.45, 2.75) is 59.5 Å². The Balaban J connectivity index is 2.46. The summed E-state index contributed by atoms with van der Waals surface area (Å²) in [5.41, 5.74) is 0.0405. The summed E-state index contributed by atoms with van der Waals surface area (Å²) < 4.78 is 5.29. The molecule has 2 N–H and O–H groups in total. The van der Waals surface area contributed by atoms with Crippen LogP contribution in [0.15, 0.2) is 22.7 Å². The smallest absolute Gasteiger partial charge is 0.413 e. The first-order valence-corrected chi connectivity index (χ1v) is 10.4. The first-order valence-electron chi connectivity index (χ1n) is 10.4. The van der Waals surface area contributed by atoms with Gasteiger partial charge in [0, 0.05) is 30.6 Å². The average Bonchev–Trinajstić information content (AvgIpc) is 2.83. The monoisotopic (exact) mass is 430 g/mol. The summed E-state index contributed by atoms with van der Waals surface area (Å²) in [5.74, 6) is -1.07. The maximum Gasteiger partial charge on any atom is 0.413 e. The molecule has 0 aromatic carbocycles. The molecule has 0 spiro atoms. The van der Waals surface area contributed by atoms with Crippen molar-refractivity contribution >= 4 is 35.7 Å². The number of nitrogens with one attached hydrogen (secondary N) is 1. The SMILES string of the molecule is CCCN(CCC)C(=O)C1=Cc2ccc(C(=O)O)nc2N=C(NC(=O)OC(C)(C)C)C1. The van der Waals surface area contributed by atoms with Crippen molar-refractivity contribution in [2.24, 2.45) is 4.99 Å². The van der Waals surface area contributed by atoms with Gasteiger partial charge in [0.25, 0.3) is 0 Å². The van der Waals surface area contributed by atoms with E-state index < -0.39 is 17.7 Å². The van der Waals surface area contributed by atoms with E-state index in [1.165, 1.54) is 6.07 Å². The summed E-state index contributed by atoms with van der Waals surface area (Å²) in [4.78, 5) is 47.0. The topological polar surface area (TPSA) is 121 Å². The number of hydrogen-bond acceptors (Lipinski definition) is 6. The molecule has 1 aliphatic rings. The van der Waals surface area contributed by atoms with Gasteiger partial charge < -0.3 is 14.7 Å². The van der Waals surface area contributed by atoms with Crippen molar-refractivity contribution in [3.8, 4) is 0 Å². The molecule has 0 saturated carbocycles. The number of alkyl carbamates (subject to hydrolysis) is 1. The number of carbonyl (C=O) groups is 3. The van der Waals surface area contributed by atoms with E-state index in [1.807, 2.05) is 13.8 Å². The fraction of sp³-hybridized carbons (Fsp3) is 0.500. The van der Waals surface area contributed by atoms with Crippen LogP contribution in [-0.4, -0.2) is 57.5 Å². The van der Waals surface area contributed by atoms with E-state index in [1.54, 1.807) is 37.8 Å². The van der Waals surface area contributed by atoms with E-state index in [4.69, 9.17) is 4.74 Å². The normalized spacial score (nSPS) is 13.3. The molecule has 1 aliphatic heterocycles. The Morgan fingerprint density at radius 2 is 1.81 bits per heavy atom. The van der Waals surface area contributed by atoms with Crippen LogP contribution in [0.2, 0.25) is 0 Å². The van der Waals surface area contributed by atoms with Gasteiger partial charge >= 0.3 is 12.1 Å². The van der Waals surface area contributed by atoms with Crippen LogP contribution in [0.4, 0.5) is 10.6 Å². The van der Waals surface area contributed by atoms with E-state index in [2.05, 4.69) is 15.3 Å². The van der Waals surface area contributed by atoms with E-state index in [0.717, 1.165) is 12.8 Å². The Morgan fingerprint density at radius 3 is 2.35 bits per heavy atom. The number of amides is 2. The maximum atomic E-state index is 13.2. The molecule has 168 valence electrons. The van der Waals surface area contributed by atoms with Crippen molar-refractivity contribution in [3.05, 3.63) is 29.0 Å². The molecular weight excluding hydrogens is 400 g/mol. The predicted octanol–water partition coefficient (Wildman–Crippen LogP) is 3.77. The zero-order chi connectivity index (χ0) is 23.2. The van der Waals surface area contributed by atoms with Crippen LogP contribution >= 0.6 is 0 Å². The van der Waals surface area contributed by atoms with Gasteiger partial charge in [-0.15, -0.1) is 0 Å². The second-order valence-corrected chi connectivity index (χ2v) is 8.24. The van der Waals surface area contributed by atoms with Gasteiger partial charge in [-0.05, 0) is 51.8 Å². The number of carbonyl (C=O) groups excluding carboxylic acids is 2. The number of carboxylic acids is 1. The summed E-state index contributed by atoms with van der Waals surface area (Å²) in [6.07, 6.45) is 2.63. The number of hydrogen-bond donors (Lipinski definition) is 2. The van der Waals surface area contributed by atoms with Gasteiger partial charge in [0.1, 0.15) is 11.4 Å². The van der Waals surface area contributed by atoms with Crippen LogP contribution in [0, 0.1) is 0 Å². The second-order valence-electron chi connectivity index (χ2n) is 8.24. The molecule has 31 heavy (non-hydrogen) atoms. The van der Waals surface area contributed by atoms with Gasteiger partial charge in [-0.25, -0.2) is 19.6 Å². The Labute approximate surface area is 182 Å². The molecule has 0 radical (unpaired) electrons. The third-order valence-corrected chi connectivity index (χ3v) is 4.25. The molecule has 1 aromatic heterocycles. The first kappa shape index (κ1) is 24.0. The van der Waals surface area contributed by atoms with Crippen molar-refractivity contribution in [3.63, 3.8) is 0 Å². The fourth-order valence-electron chi connectivity index (χ4n) is 3.06. The molecule has 0 atom stereocenters. The molecule has 2 amide bonds. The van der Waals surface area contributed by atoms with Gasteiger partial charge in [0.05, 0.1) is 0 Å². The third kappa shape index (κ3) is 6.91. The van der Waals surface area contributed by atoms with Gasteiger partial charge in [-0.2, -0.15) is 0 Å². The zero-order valence-electron chi connectivity index (χ0n) is 18.7. The van der Waals surface area contributed by atoms with Crippen molar-refractivity contribution in [1.82, 2.24) is 15.2 Å². The van der Waals surface area contributed by atoms with Gasteiger partial charge in [0.15, 0.2) is 11.5 Å². The standard InChI is InChI=1S/C22H30N4O5/c1-6-10-26(11-7-2)19(27)15-12-14-8-9-16(20(28)29)23-18(14)24-17(13-15)25-21(30)31-22(3,4)5/h8-9,12H,6-7,10-11,13H2,1-5H3,(H,28,29)(H,23,24,25,30). The third-order valence-electron chi connectivity index (χ3n) is 4.25. The van der Waals surface area contributed by atoms with Crippen LogP contribution in [0.5, 0.6) is 0 Å². The van der Waals surface area contributed by atoms with E-state index in [0.29, 0.717) is 24.2 Å². The van der Waals surface area contributed by atoms with E-state index in [9.17, 15) is 19.5 Å². The number of pyridine rings is 1. The Morgan fingerprint density at radius 1 is 1.16 bits per heavy atom. The highest BCUT2D eigenvalue weighted by Gasteiger charge is 2.25. The molecule has 0 fully saturated rings. The average molecular weight is 431 g/mol. The quantitative estimate of drug-likeness (QED) is 0.709. The minimum absolute atomic E-state index is 0.0563. The minimum Gasteiger partial charge on any atom is -0.477 e. The van der Waals surface area contributed by atoms with E-state index >= 15 is 0 Å². The lowest BCUT2D eigenvalue weighted by Gasteiger charge is -2.23. The Bertz CT molecular complexity index is 909. The number of fused-ring (bicyclic) bond motifs is 1. The number of carboxylic acid groups (broad SMARTS) is 1. The first-order chi connectivity index (χ1) is 14.5. The molecular formula is C22H30N4O5. The van der Waals surface area contributed by atoms with Crippen LogP contribution in [-0.2, 0) is 9.53 Å². The number of aromatic nitrogens is 1. The van der Waals surface area contributed by atoms with E-state index in [-0.39, 0.29) is 29.7 Å². The predicted molar refractivity (Wildman–Crippen MR) is 117 cm³/mol. The highest BCUT2D eigenvalue weighted by atomic mass is 16.6. The molecule has 9 heteroatoms. The number of aliphatic imine (C=N–C) groups is 1. The number of ether oxygens (including phenoxy) is 1. The molecule has 0 bridgehead atoms. The number of aromatic carboxylic acids is 1. The van der Waals surface area contributed by atoms with Crippen molar-refractivity contribution < 1.29 is 24.2 Å². The summed E-state index contributed by atoms with van der Waals surface area (Å²) in [6, 6.07) is 2.92. The fourth-order valence-corrected chi connectivity index (χ4v) is 3.06. The highest BCUT2D eigenvalue weighted by molar-refractivity contribution is 6.08. The van der Waals surface area contributed by atoms with Gasteiger partial charge in [0.2, 0.25) is 5.91 Å². The lowest BCUT2D eigenvalue weighted by molar-refractivity contribution is -0.127. The Hall–Kier alpha value is -3.23. The zero-order valence-corrected chi connectivity index (χ0v) is 18.7. The lowest BCUT2D eigenvalue weighted by Crippen LogP contribution is -2.38. The van der Waals surface area contributed by atoms with Gasteiger partial charge in [-0.3, -0.25) is 10.1 Å². The summed E-state index contributed by atoms with van der Waals surface area (Å²) in [5, 5.41) is 11.8. The van der Waals surface area contributed by atoms with Crippen molar-refractivity contribution in [1.29, 1.82) is 0 Å². The van der Waals surface area contributed by atoms with Crippen LogP contribution in [0.3, 0.4) is 0 Å². The van der Waals surface area contributed by atoms with Crippen LogP contribution < -0.4 is 5.32 Å². The number of rotatable bonds is 6. The summed E-state index contributed by atoms with van der Waals surface area (Å²) >= 11 is 0. The van der Waals surface area contributed by atoms with Crippen molar-refractivity contribution in [2.75, 3.05) is 13.1 Å². The molecule has 0 saturated heterocycles. The maximum absolute atomic E-state index is 13.2. The highest BCUT2D eigenvalue weighted by Crippen LogP contribution is 2.26. The minimum atomic E-state index is -1.19. The van der Waals surface area contributed by atoms with Crippen LogP contribution in [0.25, 0.3) is 6.08 Å². The number of nitrogens with zero attached hydrogens (tertiary/aromatic N) is 3. The molecule has 9 nitrogen and oxygen atoms in total. The molecule has 1 aromatic rings. The lowest BCUT2D eigenvalue weighted by atomic mass is 10.1.